The fourth-order valence-corrected chi connectivity index (χ4v) is 8.47. The summed E-state index contributed by atoms with van der Waals surface area (Å²) in [6.07, 6.45) is 12.5. The molecule has 8 atom stereocenters. The van der Waals surface area contributed by atoms with Gasteiger partial charge in [0.1, 0.15) is 18.5 Å². The van der Waals surface area contributed by atoms with E-state index in [9.17, 15) is 9.59 Å². The van der Waals surface area contributed by atoms with Gasteiger partial charge in [-0.2, -0.15) is 0 Å². The average Bonchev–Trinajstić information content (AvgIpc) is 3.35. The number of nitrogens with zero attached hydrogens (tertiary/aromatic N) is 1. The first kappa shape index (κ1) is 18.8. The Hall–Kier alpha value is -1.91. The van der Waals surface area contributed by atoms with Gasteiger partial charge in [-0.05, 0) is 43.4 Å². The smallest absolute Gasteiger partial charge is 0.306 e. The number of rotatable bonds is 2. The maximum absolute atomic E-state index is 12.3. The third kappa shape index (κ3) is 2.12. The number of fused-ring (bicyclic) bond motifs is 9. The van der Waals surface area contributed by atoms with Crippen molar-refractivity contribution in [1.82, 2.24) is 0 Å². The van der Waals surface area contributed by atoms with Crippen molar-refractivity contribution in [1.29, 1.82) is 0 Å². The van der Waals surface area contributed by atoms with Crippen molar-refractivity contribution in [2.24, 2.45) is 45.6 Å². The predicted molar refractivity (Wildman–Crippen MR) is 111 cm³/mol. The molecule has 1 saturated heterocycles. The summed E-state index contributed by atoms with van der Waals surface area (Å²) >= 11 is 0. The fraction of sp³-hybridized carbons (Fsp3) is 0.720. The number of ether oxygens (including phenoxy) is 1. The average molecular weight is 410 g/mol. The maximum Gasteiger partial charge on any atom is 0.306 e. The molecule has 0 aromatic heterocycles. The van der Waals surface area contributed by atoms with E-state index in [1.54, 1.807) is 7.11 Å². The second-order valence-electron chi connectivity index (χ2n) is 11.0. The Bertz CT molecular complexity index is 933. The molecule has 1 heterocycles. The molecular formula is C25H31NO4. The second-order valence-corrected chi connectivity index (χ2v) is 11.0. The summed E-state index contributed by atoms with van der Waals surface area (Å²) in [7, 11) is 1.59. The summed E-state index contributed by atoms with van der Waals surface area (Å²) in [6, 6.07) is 0. The lowest BCUT2D eigenvalue weighted by Crippen LogP contribution is -2.54. The molecule has 0 amide bonds. The van der Waals surface area contributed by atoms with Crippen LogP contribution >= 0.6 is 0 Å². The molecule has 6 rings (SSSR count). The van der Waals surface area contributed by atoms with Crippen molar-refractivity contribution >= 4 is 18.0 Å². The molecule has 6 aliphatic rings. The molecule has 5 nitrogen and oxygen atoms in total. The number of oxime groups is 1. The third-order valence-corrected chi connectivity index (χ3v) is 9.87. The molecule has 0 aromatic rings. The Morgan fingerprint density at radius 1 is 1.23 bits per heavy atom. The molecule has 4 fully saturated rings. The van der Waals surface area contributed by atoms with Gasteiger partial charge < -0.3 is 9.57 Å². The quantitative estimate of drug-likeness (QED) is 0.296. The lowest BCUT2D eigenvalue weighted by atomic mass is 9.48. The summed E-state index contributed by atoms with van der Waals surface area (Å²) < 4.78 is 6.19. The van der Waals surface area contributed by atoms with Crippen LogP contribution in [-0.2, 0) is 19.2 Å². The minimum absolute atomic E-state index is 0.0154. The van der Waals surface area contributed by atoms with Gasteiger partial charge in [-0.15, -0.1) is 0 Å². The zero-order valence-electron chi connectivity index (χ0n) is 18.1. The van der Waals surface area contributed by atoms with E-state index >= 15 is 0 Å². The first-order valence-electron chi connectivity index (χ1n) is 11.6. The van der Waals surface area contributed by atoms with Crippen LogP contribution in [0.2, 0.25) is 0 Å². The normalized spacial score (nSPS) is 51.0. The molecule has 0 radical (unpaired) electrons. The zero-order chi connectivity index (χ0) is 20.9. The zero-order valence-corrected chi connectivity index (χ0v) is 18.1. The van der Waals surface area contributed by atoms with Crippen LogP contribution in [0.3, 0.4) is 0 Å². The molecule has 1 aliphatic heterocycles. The van der Waals surface area contributed by atoms with Gasteiger partial charge in [0.2, 0.25) is 0 Å². The largest absolute Gasteiger partial charge is 0.458 e. The molecular weight excluding hydrogens is 378 g/mol. The highest BCUT2D eigenvalue weighted by Crippen LogP contribution is 2.78. The van der Waals surface area contributed by atoms with Gasteiger partial charge in [0, 0.05) is 41.9 Å². The number of esters is 1. The van der Waals surface area contributed by atoms with E-state index in [0.29, 0.717) is 48.7 Å². The second kappa shape index (κ2) is 5.86. The number of ketones is 1. The minimum atomic E-state index is -0.280. The van der Waals surface area contributed by atoms with Crippen molar-refractivity contribution in [3.8, 4) is 0 Å². The van der Waals surface area contributed by atoms with Crippen molar-refractivity contribution in [2.75, 3.05) is 7.11 Å². The molecule has 5 heteroatoms. The lowest BCUT2D eigenvalue weighted by molar-refractivity contribution is -0.165. The number of hydrogen-bond acceptors (Lipinski definition) is 5. The molecule has 2 unspecified atom stereocenters. The summed E-state index contributed by atoms with van der Waals surface area (Å²) in [5, 5.41) is 4.18. The van der Waals surface area contributed by atoms with Crippen molar-refractivity contribution in [3.05, 3.63) is 23.3 Å². The molecule has 0 N–H and O–H groups in total. The van der Waals surface area contributed by atoms with Crippen molar-refractivity contribution in [2.45, 2.75) is 64.4 Å². The van der Waals surface area contributed by atoms with E-state index in [2.05, 4.69) is 31.2 Å². The van der Waals surface area contributed by atoms with Crippen LogP contribution < -0.4 is 0 Å². The molecule has 30 heavy (non-hydrogen) atoms. The van der Waals surface area contributed by atoms with Gasteiger partial charge in [0.25, 0.3) is 0 Å². The van der Waals surface area contributed by atoms with E-state index in [1.807, 2.05) is 6.21 Å². The monoisotopic (exact) mass is 409 g/mol. The van der Waals surface area contributed by atoms with Crippen LogP contribution in [0.25, 0.3) is 0 Å². The van der Waals surface area contributed by atoms with E-state index in [1.165, 1.54) is 17.6 Å². The Kier molecular flexibility index (Phi) is 3.68. The van der Waals surface area contributed by atoms with Gasteiger partial charge in [0.05, 0.1) is 6.21 Å². The number of carbonyl (C=O) groups is 2. The summed E-state index contributed by atoms with van der Waals surface area (Å²) in [5.74, 6) is 2.42. The molecule has 160 valence electrons. The topological polar surface area (TPSA) is 65.0 Å². The molecule has 0 bridgehead atoms. The van der Waals surface area contributed by atoms with E-state index in [0.717, 1.165) is 19.3 Å². The molecule has 3 saturated carbocycles. The van der Waals surface area contributed by atoms with Gasteiger partial charge >= 0.3 is 5.97 Å². The van der Waals surface area contributed by atoms with Crippen molar-refractivity contribution in [3.63, 3.8) is 0 Å². The maximum atomic E-state index is 12.3. The van der Waals surface area contributed by atoms with E-state index in [-0.39, 0.29) is 28.3 Å². The van der Waals surface area contributed by atoms with Crippen molar-refractivity contribution < 1.29 is 19.2 Å². The van der Waals surface area contributed by atoms with Gasteiger partial charge in [-0.1, -0.05) is 42.3 Å². The lowest BCUT2D eigenvalue weighted by Gasteiger charge is -2.57. The summed E-state index contributed by atoms with van der Waals surface area (Å²) in [4.78, 5) is 29.6. The highest BCUT2D eigenvalue weighted by atomic mass is 16.6. The van der Waals surface area contributed by atoms with Gasteiger partial charge in [-0.25, -0.2) is 0 Å². The van der Waals surface area contributed by atoms with Gasteiger partial charge in [0.15, 0.2) is 0 Å². The number of allylic oxidation sites excluding steroid dienone is 4. The number of carbonyl (C=O) groups excluding carboxylic acids is 2. The number of Topliss-reactive ketones (excluding diaryl/α,β-unsaturated/α-hetero) is 1. The first-order chi connectivity index (χ1) is 14.3. The summed E-state index contributed by atoms with van der Waals surface area (Å²) in [5.41, 5.74) is 2.45. The van der Waals surface area contributed by atoms with Crippen LogP contribution in [0.4, 0.5) is 0 Å². The van der Waals surface area contributed by atoms with Crippen LogP contribution in [0.1, 0.15) is 58.8 Å². The third-order valence-electron chi connectivity index (χ3n) is 9.87. The van der Waals surface area contributed by atoms with Crippen LogP contribution in [0.15, 0.2) is 28.5 Å². The molecule has 0 aromatic carbocycles. The Morgan fingerprint density at radius 3 is 2.80 bits per heavy atom. The van der Waals surface area contributed by atoms with Crippen LogP contribution in [0.5, 0.6) is 0 Å². The van der Waals surface area contributed by atoms with Crippen LogP contribution in [-0.4, -0.2) is 30.7 Å². The fourth-order valence-electron chi connectivity index (χ4n) is 8.47. The Labute approximate surface area is 177 Å². The summed E-state index contributed by atoms with van der Waals surface area (Å²) in [6.45, 7) is 4.73. The SMILES string of the molecule is CON=C[C@@H]1C=C2CC(=O)CC[C@]2(C)C2=CC[C@@]3(C)C(C21)[C@@H]1C[C@@H]1[C@@]31CCC(=O)O1. The number of hydrogen-bond donors (Lipinski definition) is 0. The highest BCUT2D eigenvalue weighted by Gasteiger charge is 2.78. The molecule has 5 aliphatic carbocycles. The van der Waals surface area contributed by atoms with Gasteiger partial charge in [-0.3, -0.25) is 9.59 Å². The minimum Gasteiger partial charge on any atom is -0.458 e. The van der Waals surface area contributed by atoms with E-state index in [4.69, 9.17) is 9.57 Å². The predicted octanol–water partition coefficient (Wildman–Crippen LogP) is 4.23. The Balaban J connectivity index is 1.49. The standard InChI is InChI=1S/C25H31NO4/c1-23-7-4-16(27)11-15(23)10-14(13-26-29-3)21-18(23)5-8-24(2)22(21)17-12-19(17)25(24)9-6-20(28)30-25/h5,10,13-14,17,19,21-22H,4,6-9,11-12H2,1-3H3/t14-,17+,19-,21?,22?,23-,24-,25-/m0/s1. The van der Waals surface area contributed by atoms with E-state index < -0.39 is 0 Å². The first-order valence-corrected chi connectivity index (χ1v) is 11.6. The van der Waals surface area contributed by atoms with Crippen LogP contribution in [0, 0.1) is 40.4 Å². The Morgan fingerprint density at radius 2 is 2.07 bits per heavy atom. The molecule has 1 spiro atoms. The highest BCUT2D eigenvalue weighted by molar-refractivity contribution is 5.84.